The zero-order valence-electron chi connectivity index (χ0n) is 17.9. The Morgan fingerprint density at radius 3 is 2.34 bits per heavy atom. The number of pyridine rings is 1. The van der Waals surface area contributed by atoms with Crippen molar-refractivity contribution in [1.29, 1.82) is 0 Å². The summed E-state index contributed by atoms with van der Waals surface area (Å²) < 4.78 is 28.9. The van der Waals surface area contributed by atoms with Crippen molar-refractivity contribution in [2.24, 2.45) is 0 Å². The average molecular weight is 443 g/mol. The van der Waals surface area contributed by atoms with E-state index in [0.29, 0.717) is 13.1 Å². The maximum atomic E-state index is 13.9. The lowest BCUT2D eigenvalue weighted by Gasteiger charge is -2.27. The van der Waals surface area contributed by atoms with Crippen molar-refractivity contribution in [2.45, 2.75) is 57.5 Å². The van der Waals surface area contributed by atoms with Crippen molar-refractivity contribution in [3.05, 3.63) is 69.1 Å². The van der Waals surface area contributed by atoms with Gasteiger partial charge >= 0.3 is 0 Å². The highest BCUT2D eigenvalue weighted by molar-refractivity contribution is 5.99. The molecule has 170 valence electrons. The van der Waals surface area contributed by atoms with E-state index in [-0.39, 0.29) is 35.2 Å². The maximum Gasteiger partial charge on any atom is 0.259 e. The number of carbonyl (C=O) groups is 2. The van der Waals surface area contributed by atoms with Crippen LogP contribution in [0.3, 0.4) is 0 Å². The van der Waals surface area contributed by atoms with Gasteiger partial charge in [0, 0.05) is 49.7 Å². The molecule has 1 aliphatic carbocycles. The third kappa shape index (κ3) is 4.74. The lowest BCUT2D eigenvalue weighted by atomic mass is 10.1. The fraction of sp³-hybridized carbons (Fsp3) is 0.458. The summed E-state index contributed by atoms with van der Waals surface area (Å²) in [5.41, 5.74) is -0.648. The number of nitrogens with one attached hydrogen (secondary N) is 1. The number of likely N-dealkylation sites (tertiary alicyclic amines) is 1. The second kappa shape index (κ2) is 9.63. The van der Waals surface area contributed by atoms with Crippen LogP contribution >= 0.6 is 0 Å². The van der Waals surface area contributed by atoms with Gasteiger partial charge in [-0.3, -0.25) is 14.4 Å². The van der Waals surface area contributed by atoms with Crippen LogP contribution in [0.4, 0.5) is 8.78 Å². The van der Waals surface area contributed by atoms with Gasteiger partial charge in [-0.1, -0.05) is 18.9 Å². The predicted octanol–water partition coefficient (Wildman–Crippen LogP) is 3.80. The van der Waals surface area contributed by atoms with Gasteiger partial charge in [0.1, 0.15) is 22.8 Å². The van der Waals surface area contributed by atoms with Crippen LogP contribution in [0.25, 0.3) is 0 Å². The lowest BCUT2D eigenvalue weighted by molar-refractivity contribution is 0.0722. The van der Waals surface area contributed by atoms with Crippen molar-refractivity contribution in [3.63, 3.8) is 0 Å². The van der Waals surface area contributed by atoms with Crippen LogP contribution in [0.15, 0.2) is 35.4 Å². The minimum atomic E-state index is -0.775. The molecule has 1 saturated carbocycles. The largest absolute Gasteiger partial charge is 0.349 e. The van der Waals surface area contributed by atoms with E-state index in [4.69, 9.17) is 0 Å². The fourth-order valence-electron chi connectivity index (χ4n) is 4.53. The molecule has 32 heavy (non-hydrogen) atoms. The van der Waals surface area contributed by atoms with Crippen molar-refractivity contribution < 1.29 is 18.4 Å². The number of nitrogens with zero attached hydrogens (tertiary/aromatic N) is 2. The molecule has 2 aromatic rings. The molecule has 1 saturated heterocycles. The van der Waals surface area contributed by atoms with E-state index in [1.165, 1.54) is 12.3 Å². The molecule has 2 heterocycles. The Kier molecular flexibility index (Phi) is 6.67. The Morgan fingerprint density at radius 1 is 0.969 bits per heavy atom. The van der Waals surface area contributed by atoms with E-state index in [0.717, 1.165) is 57.1 Å². The van der Waals surface area contributed by atoms with Gasteiger partial charge in [-0.15, -0.1) is 0 Å². The van der Waals surface area contributed by atoms with Gasteiger partial charge in [0.2, 0.25) is 5.43 Å². The van der Waals surface area contributed by atoms with Crippen LogP contribution in [0.2, 0.25) is 0 Å². The number of benzene rings is 1. The van der Waals surface area contributed by atoms with Gasteiger partial charge in [0.15, 0.2) is 0 Å². The summed E-state index contributed by atoms with van der Waals surface area (Å²) in [6.45, 7) is 1.00. The quantitative estimate of drug-likeness (QED) is 0.764. The number of hydrogen-bond acceptors (Lipinski definition) is 3. The van der Waals surface area contributed by atoms with E-state index in [1.807, 2.05) is 4.57 Å². The van der Waals surface area contributed by atoms with Gasteiger partial charge in [0.05, 0.1) is 0 Å². The van der Waals surface area contributed by atoms with Gasteiger partial charge in [0.25, 0.3) is 11.8 Å². The first-order valence-electron chi connectivity index (χ1n) is 11.2. The highest BCUT2D eigenvalue weighted by Crippen LogP contribution is 2.29. The van der Waals surface area contributed by atoms with Crippen LogP contribution in [0.5, 0.6) is 0 Å². The van der Waals surface area contributed by atoms with Crippen LogP contribution in [0.1, 0.15) is 77.3 Å². The second-order valence-electron chi connectivity index (χ2n) is 8.57. The Bertz CT molecular complexity index is 1070. The van der Waals surface area contributed by atoms with E-state index in [2.05, 4.69) is 5.32 Å². The van der Waals surface area contributed by atoms with Crippen LogP contribution in [0, 0.1) is 11.6 Å². The summed E-state index contributed by atoms with van der Waals surface area (Å²) in [4.78, 5) is 40.8. The number of carbonyl (C=O) groups excluding carboxylic acids is 2. The molecule has 0 spiro atoms. The van der Waals surface area contributed by atoms with Crippen molar-refractivity contribution in [1.82, 2.24) is 14.8 Å². The van der Waals surface area contributed by atoms with Gasteiger partial charge in [-0.05, 0) is 38.2 Å². The third-order valence-corrected chi connectivity index (χ3v) is 6.36. The summed E-state index contributed by atoms with van der Waals surface area (Å²) in [7, 11) is 0. The lowest BCUT2D eigenvalue weighted by Crippen LogP contribution is -2.40. The van der Waals surface area contributed by atoms with E-state index in [1.54, 1.807) is 11.1 Å². The van der Waals surface area contributed by atoms with Crippen LogP contribution in [-0.4, -0.2) is 34.4 Å². The fourth-order valence-corrected chi connectivity index (χ4v) is 4.53. The van der Waals surface area contributed by atoms with E-state index in [9.17, 15) is 23.2 Å². The van der Waals surface area contributed by atoms with Gasteiger partial charge in [-0.25, -0.2) is 8.78 Å². The summed E-state index contributed by atoms with van der Waals surface area (Å²) >= 11 is 0. The molecule has 2 amide bonds. The Morgan fingerprint density at radius 2 is 1.66 bits per heavy atom. The first-order chi connectivity index (χ1) is 15.4. The molecule has 2 aliphatic rings. The topological polar surface area (TPSA) is 71.4 Å². The van der Waals surface area contributed by atoms with Crippen molar-refractivity contribution in [3.8, 4) is 0 Å². The minimum absolute atomic E-state index is 0.000544. The third-order valence-electron chi connectivity index (χ3n) is 6.36. The molecule has 2 fully saturated rings. The number of amides is 2. The SMILES string of the molecule is O=C(NCc1ccc(F)cc1F)c1cn(C2CCCC2)cc(C(=O)N2CCCCC2)c1=O. The molecule has 0 atom stereocenters. The smallest absolute Gasteiger partial charge is 0.259 e. The Labute approximate surface area is 185 Å². The normalized spacial score (nSPS) is 16.9. The highest BCUT2D eigenvalue weighted by atomic mass is 19.1. The van der Waals surface area contributed by atoms with Crippen LogP contribution < -0.4 is 10.7 Å². The Balaban J connectivity index is 1.63. The molecule has 0 unspecified atom stereocenters. The average Bonchev–Trinajstić information content (AvgIpc) is 3.33. The number of hydrogen-bond donors (Lipinski definition) is 1. The first-order valence-corrected chi connectivity index (χ1v) is 11.2. The molecular formula is C24H27F2N3O3. The molecule has 6 nitrogen and oxygen atoms in total. The molecule has 0 radical (unpaired) electrons. The Hall–Kier alpha value is -3.03. The summed E-state index contributed by atoms with van der Waals surface area (Å²) in [5, 5.41) is 2.54. The van der Waals surface area contributed by atoms with Gasteiger partial charge in [-0.2, -0.15) is 0 Å². The summed E-state index contributed by atoms with van der Waals surface area (Å²) in [6, 6.07) is 3.23. The molecule has 1 aromatic carbocycles. The zero-order chi connectivity index (χ0) is 22.7. The molecule has 1 N–H and O–H groups in total. The van der Waals surface area contributed by atoms with E-state index >= 15 is 0 Å². The monoisotopic (exact) mass is 443 g/mol. The second-order valence-corrected chi connectivity index (χ2v) is 8.57. The number of halogens is 2. The highest BCUT2D eigenvalue weighted by Gasteiger charge is 2.26. The molecule has 1 aromatic heterocycles. The number of piperidine rings is 1. The maximum absolute atomic E-state index is 13.9. The van der Waals surface area contributed by atoms with Crippen molar-refractivity contribution >= 4 is 11.8 Å². The van der Waals surface area contributed by atoms with Crippen molar-refractivity contribution in [2.75, 3.05) is 13.1 Å². The molecule has 8 heteroatoms. The summed E-state index contributed by atoms with van der Waals surface area (Å²) in [5.74, 6) is -2.51. The van der Waals surface area contributed by atoms with E-state index < -0.39 is 23.0 Å². The van der Waals surface area contributed by atoms with Crippen LogP contribution in [-0.2, 0) is 6.54 Å². The summed E-state index contributed by atoms with van der Waals surface area (Å²) in [6.07, 6.45) is 9.88. The van der Waals surface area contributed by atoms with Gasteiger partial charge < -0.3 is 14.8 Å². The molecular weight excluding hydrogens is 416 g/mol. The molecule has 4 rings (SSSR count). The number of aromatic nitrogens is 1. The molecule has 1 aliphatic heterocycles. The minimum Gasteiger partial charge on any atom is -0.349 e. The first kappa shape index (κ1) is 22.2. The zero-order valence-corrected chi connectivity index (χ0v) is 17.9. The predicted molar refractivity (Wildman–Crippen MR) is 115 cm³/mol. The standard InChI is InChI=1S/C24H27F2N3O3/c25-17-9-8-16(21(26)12-17)13-27-23(31)19-14-29(18-6-2-3-7-18)15-20(22(19)30)24(32)28-10-4-1-5-11-28/h8-9,12,14-15,18H,1-7,10-11,13H2,(H,27,31). The molecule has 0 bridgehead atoms. The number of rotatable bonds is 5.